The van der Waals surface area contributed by atoms with Crippen LogP contribution in [0.2, 0.25) is 0 Å². The number of aromatic nitrogens is 3. The summed E-state index contributed by atoms with van der Waals surface area (Å²) in [6.45, 7) is 2.02. The number of benzene rings is 2. The second-order valence-corrected chi connectivity index (χ2v) is 7.30. The Labute approximate surface area is 174 Å². The number of rotatable bonds is 5. The van der Waals surface area contributed by atoms with Gasteiger partial charge in [-0.25, -0.2) is 9.37 Å². The molecule has 1 atom stereocenters. The molecule has 0 aliphatic heterocycles. The van der Waals surface area contributed by atoms with Gasteiger partial charge in [0.15, 0.2) is 0 Å². The van der Waals surface area contributed by atoms with Crippen LogP contribution in [-0.4, -0.2) is 32.6 Å². The normalized spacial score (nSPS) is 12.1. The van der Waals surface area contributed by atoms with Gasteiger partial charge in [0.1, 0.15) is 5.82 Å². The van der Waals surface area contributed by atoms with Gasteiger partial charge in [0.2, 0.25) is 0 Å². The van der Waals surface area contributed by atoms with Gasteiger partial charge in [-0.05, 0) is 42.3 Å². The number of hydrogen-bond acceptors (Lipinski definition) is 3. The number of carbonyl (C=O) groups is 1. The molecule has 0 fully saturated rings. The number of amides is 1. The van der Waals surface area contributed by atoms with Crippen LogP contribution in [0.1, 0.15) is 35.3 Å². The molecule has 2 aromatic carbocycles. The average Bonchev–Trinajstić information content (AvgIpc) is 3.20. The molecule has 1 amide bonds. The van der Waals surface area contributed by atoms with Gasteiger partial charge in [-0.2, -0.15) is 5.10 Å². The van der Waals surface area contributed by atoms with Crippen molar-refractivity contribution in [2.45, 2.75) is 19.4 Å². The first kappa shape index (κ1) is 19.8. The summed E-state index contributed by atoms with van der Waals surface area (Å²) in [7, 11) is 3.64. The Balaban J connectivity index is 1.80. The molecular formula is C24H23FN4O. The Morgan fingerprint density at radius 1 is 1.13 bits per heavy atom. The SMILES string of the molecule is CC[C@H](c1ccc(F)cc1)N(C)C(=O)c1cc(-c2ccnn2C)nc2ccccc12. The predicted molar refractivity (Wildman–Crippen MR) is 115 cm³/mol. The molecule has 0 radical (unpaired) electrons. The fraction of sp³-hybridized carbons (Fsp3) is 0.208. The van der Waals surface area contributed by atoms with E-state index >= 15 is 0 Å². The lowest BCUT2D eigenvalue weighted by Gasteiger charge is -2.28. The molecule has 2 heterocycles. The third-order valence-corrected chi connectivity index (χ3v) is 5.46. The molecule has 4 rings (SSSR count). The maximum absolute atomic E-state index is 13.6. The van der Waals surface area contributed by atoms with Crippen molar-refractivity contribution in [1.29, 1.82) is 0 Å². The number of halogens is 1. The molecule has 4 aromatic rings. The third-order valence-electron chi connectivity index (χ3n) is 5.46. The molecule has 0 unspecified atom stereocenters. The van der Waals surface area contributed by atoms with Gasteiger partial charge in [0.25, 0.3) is 5.91 Å². The standard InChI is InChI=1S/C24H23FN4O/c1-4-22(16-9-11-17(25)12-10-16)28(2)24(30)19-15-21(23-13-14-26-29(23)3)27-20-8-6-5-7-18(19)20/h5-15,22H,4H2,1-3H3/t22-/m1/s1. The van der Waals surface area contributed by atoms with Crippen molar-refractivity contribution >= 4 is 16.8 Å². The molecule has 0 N–H and O–H groups in total. The summed E-state index contributed by atoms with van der Waals surface area (Å²) in [5, 5.41) is 5.02. The molecular weight excluding hydrogens is 379 g/mol. The minimum atomic E-state index is -0.288. The van der Waals surface area contributed by atoms with E-state index in [0.717, 1.165) is 22.2 Å². The molecule has 0 saturated carbocycles. The third kappa shape index (κ3) is 3.56. The van der Waals surface area contributed by atoms with Gasteiger partial charge >= 0.3 is 0 Å². The van der Waals surface area contributed by atoms with E-state index in [2.05, 4.69) is 5.10 Å². The summed E-state index contributed by atoms with van der Waals surface area (Å²) in [5.41, 5.74) is 3.77. The quantitative estimate of drug-likeness (QED) is 0.472. The number of carbonyl (C=O) groups excluding carboxylic acids is 1. The van der Waals surface area contributed by atoms with Gasteiger partial charge < -0.3 is 4.90 Å². The Kier molecular flexibility index (Phi) is 5.31. The van der Waals surface area contributed by atoms with Crippen molar-refractivity contribution in [3.8, 4) is 11.4 Å². The second kappa shape index (κ2) is 8.06. The van der Waals surface area contributed by atoms with E-state index < -0.39 is 0 Å². The van der Waals surface area contributed by atoms with Crippen molar-refractivity contribution in [2.24, 2.45) is 7.05 Å². The van der Waals surface area contributed by atoms with Gasteiger partial charge in [-0.1, -0.05) is 37.3 Å². The zero-order valence-electron chi connectivity index (χ0n) is 17.2. The number of para-hydroxylation sites is 1. The smallest absolute Gasteiger partial charge is 0.254 e. The van der Waals surface area contributed by atoms with E-state index in [-0.39, 0.29) is 17.8 Å². The predicted octanol–water partition coefficient (Wildman–Crippen LogP) is 5.00. The van der Waals surface area contributed by atoms with Gasteiger partial charge in [0, 0.05) is 25.7 Å². The molecule has 6 heteroatoms. The Morgan fingerprint density at radius 2 is 1.87 bits per heavy atom. The molecule has 152 valence electrons. The highest BCUT2D eigenvalue weighted by Gasteiger charge is 2.24. The number of hydrogen-bond donors (Lipinski definition) is 0. The number of pyridine rings is 1. The van der Waals surface area contributed by atoms with Crippen LogP contribution in [0.15, 0.2) is 66.9 Å². The van der Waals surface area contributed by atoms with Crippen LogP contribution in [0.5, 0.6) is 0 Å². The van der Waals surface area contributed by atoms with Crippen LogP contribution in [0.25, 0.3) is 22.3 Å². The monoisotopic (exact) mass is 402 g/mol. The van der Waals surface area contributed by atoms with Crippen molar-refractivity contribution in [2.75, 3.05) is 7.05 Å². The first-order valence-electron chi connectivity index (χ1n) is 9.90. The van der Waals surface area contributed by atoms with Crippen molar-refractivity contribution in [3.63, 3.8) is 0 Å². The molecule has 0 aliphatic carbocycles. The molecule has 5 nitrogen and oxygen atoms in total. The summed E-state index contributed by atoms with van der Waals surface area (Å²) < 4.78 is 15.1. The first-order valence-corrected chi connectivity index (χ1v) is 9.90. The minimum absolute atomic E-state index is 0.104. The molecule has 2 aromatic heterocycles. The van der Waals surface area contributed by atoms with Gasteiger partial charge in [-0.3, -0.25) is 9.48 Å². The van der Waals surface area contributed by atoms with E-state index in [1.165, 1.54) is 12.1 Å². The summed E-state index contributed by atoms with van der Waals surface area (Å²) in [6.07, 6.45) is 2.42. The lowest BCUT2D eigenvalue weighted by Crippen LogP contribution is -2.31. The van der Waals surface area contributed by atoms with Crippen LogP contribution in [-0.2, 0) is 7.05 Å². The zero-order valence-corrected chi connectivity index (χ0v) is 17.2. The summed E-state index contributed by atoms with van der Waals surface area (Å²) in [6, 6.07) is 17.5. The zero-order chi connectivity index (χ0) is 21.3. The van der Waals surface area contributed by atoms with Gasteiger partial charge in [-0.15, -0.1) is 0 Å². The van der Waals surface area contributed by atoms with E-state index in [9.17, 15) is 9.18 Å². The highest BCUT2D eigenvalue weighted by Crippen LogP contribution is 2.29. The fourth-order valence-electron chi connectivity index (χ4n) is 3.86. The molecule has 0 spiro atoms. The molecule has 0 bridgehead atoms. The van der Waals surface area contributed by atoms with Crippen molar-refractivity contribution < 1.29 is 9.18 Å². The molecule has 0 aliphatic rings. The minimum Gasteiger partial charge on any atom is -0.335 e. The first-order chi connectivity index (χ1) is 14.5. The van der Waals surface area contributed by atoms with Crippen molar-refractivity contribution in [3.05, 3.63) is 83.8 Å². The largest absolute Gasteiger partial charge is 0.335 e. The second-order valence-electron chi connectivity index (χ2n) is 7.30. The topological polar surface area (TPSA) is 51.0 Å². The van der Waals surface area contributed by atoms with E-state index in [0.29, 0.717) is 17.7 Å². The molecule has 0 saturated heterocycles. The van der Waals surface area contributed by atoms with E-state index in [4.69, 9.17) is 4.98 Å². The number of nitrogens with zero attached hydrogens (tertiary/aromatic N) is 4. The lowest BCUT2D eigenvalue weighted by atomic mass is 10.0. The van der Waals surface area contributed by atoms with Crippen LogP contribution in [0.4, 0.5) is 4.39 Å². The molecule has 30 heavy (non-hydrogen) atoms. The van der Waals surface area contributed by atoms with Crippen LogP contribution in [0, 0.1) is 5.82 Å². The van der Waals surface area contributed by atoms with Gasteiger partial charge in [0.05, 0.1) is 28.5 Å². The van der Waals surface area contributed by atoms with Crippen molar-refractivity contribution in [1.82, 2.24) is 19.7 Å². The maximum atomic E-state index is 13.6. The van der Waals surface area contributed by atoms with Crippen LogP contribution >= 0.6 is 0 Å². The van der Waals surface area contributed by atoms with Crippen LogP contribution in [0.3, 0.4) is 0 Å². The lowest BCUT2D eigenvalue weighted by molar-refractivity contribution is 0.0728. The Hall–Kier alpha value is -3.54. The highest BCUT2D eigenvalue weighted by atomic mass is 19.1. The van der Waals surface area contributed by atoms with Crippen LogP contribution < -0.4 is 0 Å². The maximum Gasteiger partial charge on any atom is 0.254 e. The number of aryl methyl sites for hydroxylation is 1. The summed E-state index contributed by atoms with van der Waals surface area (Å²) >= 11 is 0. The Morgan fingerprint density at radius 3 is 2.53 bits per heavy atom. The van der Waals surface area contributed by atoms with E-state index in [1.807, 2.05) is 50.4 Å². The fourth-order valence-corrected chi connectivity index (χ4v) is 3.86. The Bertz CT molecular complexity index is 1200. The average molecular weight is 402 g/mol. The number of fused-ring (bicyclic) bond motifs is 1. The highest BCUT2D eigenvalue weighted by molar-refractivity contribution is 6.07. The van der Waals surface area contributed by atoms with E-state index in [1.54, 1.807) is 35.0 Å². The summed E-state index contributed by atoms with van der Waals surface area (Å²) in [5.74, 6) is -0.392. The summed E-state index contributed by atoms with van der Waals surface area (Å²) in [4.78, 5) is 20.1.